The van der Waals surface area contributed by atoms with Gasteiger partial charge in [0.1, 0.15) is 5.67 Å². The summed E-state index contributed by atoms with van der Waals surface area (Å²) < 4.78 is 17.4. The number of ether oxygens (including phenoxy) is 1. The lowest BCUT2D eigenvalue weighted by Gasteiger charge is -2.28. The predicted molar refractivity (Wildman–Crippen MR) is 49.4 cm³/mol. The van der Waals surface area contributed by atoms with Crippen molar-refractivity contribution in [2.24, 2.45) is 0 Å². The van der Waals surface area contributed by atoms with Gasteiger partial charge in [0.25, 0.3) is 0 Å². The molecule has 1 heterocycles. The van der Waals surface area contributed by atoms with Crippen LogP contribution >= 0.6 is 0 Å². The average molecular weight is 198 g/mol. The van der Waals surface area contributed by atoms with Crippen molar-refractivity contribution in [2.75, 3.05) is 6.61 Å². The Labute approximate surface area is 78.5 Å². The highest BCUT2D eigenvalue weighted by molar-refractivity contribution is 4.85. The lowest BCUT2D eigenvalue weighted by molar-refractivity contribution is -0.0559. The molecule has 13 heavy (non-hydrogen) atoms. The second-order valence-corrected chi connectivity index (χ2v) is 4.18. The first kappa shape index (κ1) is 15.3. The SMILES string of the molecule is CC(C)(O)C(C)(C)F.CC1CO1.F. The minimum absolute atomic E-state index is 0. The highest BCUT2D eigenvalue weighted by Gasteiger charge is 2.34. The van der Waals surface area contributed by atoms with E-state index in [9.17, 15) is 4.39 Å². The number of aliphatic hydroxyl groups is 1. The van der Waals surface area contributed by atoms with E-state index in [2.05, 4.69) is 6.92 Å². The first-order valence-electron chi connectivity index (χ1n) is 4.17. The summed E-state index contributed by atoms with van der Waals surface area (Å²) in [5.74, 6) is 0. The smallest absolute Gasteiger partial charge is 0.133 e. The van der Waals surface area contributed by atoms with Gasteiger partial charge in [-0.3, -0.25) is 4.70 Å². The van der Waals surface area contributed by atoms with Gasteiger partial charge in [-0.15, -0.1) is 0 Å². The molecule has 0 radical (unpaired) electrons. The third kappa shape index (κ3) is 8.12. The van der Waals surface area contributed by atoms with Crippen LogP contribution in [0.1, 0.15) is 34.6 Å². The molecule has 1 saturated heterocycles. The summed E-state index contributed by atoms with van der Waals surface area (Å²) >= 11 is 0. The van der Waals surface area contributed by atoms with Crippen molar-refractivity contribution in [1.29, 1.82) is 0 Å². The summed E-state index contributed by atoms with van der Waals surface area (Å²) in [6.07, 6.45) is 0.583. The largest absolute Gasteiger partial charge is 0.387 e. The molecule has 0 spiro atoms. The van der Waals surface area contributed by atoms with Gasteiger partial charge in [0.2, 0.25) is 0 Å². The summed E-state index contributed by atoms with van der Waals surface area (Å²) in [7, 11) is 0. The highest BCUT2D eigenvalue weighted by Crippen LogP contribution is 2.23. The zero-order valence-electron chi connectivity index (χ0n) is 8.93. The monoisotopic (exact) mass is 198 g/mol. The van der Waals surface area contributed by atoms with E-state index in [0.717, 1.165) is 6.61 Å². The van der Waals surface area contributed by atoms with Crippen molar-refractivity contribution in [3.8, 4) is 0 Å². The van der Waals surface area contributed by atoms with Crippen LogP contribution in [0.4, 0.5) is 9.09 Å². The van der Waals surface area contributed by atoms with Crippen molar-refractivity contribution in [3.05, 3.63) is 0 Å². The molecule has 1 atom stereocenters. The molecule has 0 aromatic rings. The van der Waals surface area contributed by atoms with Crippen LogP contribution in [0.25, 0.3) is 0 Å². The second-order valence-electron chi connectivity index (χ2n) is 4.18. The van der Waals surface area contributed by atoms with Crippen molar-refractivity contribution < 1.29 is 18.9 Å². The van der Waals surface area contributed by atoms with Gasteiger partial charge >= 0.3 is 0 Å². The zero-order valence-corrected chi connectivity index (χ0v) is 8.93. The molecular weight excluding hydrogens is 178 g/mol. The number of alkyl halides is 1. The molecule has 1 rings (SSSR count). The Balaban J connectivity index is 0. The van der Waals surface area contributed by atoms with Crippen LogP contribution in [0.5, 0.6) is 0 Å². The standard InChI is InChI=1S/C6H13FO.C3H6O.FH/c1-5(2,7)6(3,4)8;1-3-2-4-3;/h8H,1-4H3;3H,2H2,1H3;1H. The maximum absolute atomic E-state index is 12.6. The Hall–Kier alpha value is -0.220. The minimum atomic E-state index is -1.51. The number of rotatable bonds is 1. The first-order chi connectivity index (χ1) is 5.14. The van der Waals surface area contributed by atoms with Crippen LogP contribution < -0.4 is 0 Å². The summed E-state index contributed by atoms with van der Waals surface area (Å²) in [6.45, 7) is 8.65. The van der Waals surface area contributed by atoms with Gasteiger partial charge in [-0.05, 0) is 34.6 Å². The molecule has 1 aliphatic rings. The maximum Gasteiger partial charge on any atom is 0.133 e. The van der Waals surface area contributed by atoms with Gasteiger partial charge < -0.3 is 9.84 Å². The van der Waals surface area contributed by atoms with Crippen LogP contribution in [-0.4, -0.2) is 29.1 Å². The fraction of sp³-hybridized carbons (Fsp3) is 1.00. The molecule has 0 bridgehead atoms. The first-order valence-corrected chi connectivity index (χ1v) is 4.17. The van der Waals surface area contributed by atoms with E-state index >= 15 is 0 Å². The Morgan fingerprint density at radius 2 is 1.46 bits per heavy atom. The van der Waals surface area contributed by atoms with Gasteiger partial charge in [-0.2, -0.15) is 0 Å². The van der Waals surface area contributed by atoms with Crippen molar-refractivity contribution >= 4 is 0 Å². The lowest BCUT2D eigenvalue weighted by Crippen LogP contribution is -2.40. The molecule has 2 nitrogen and oxygen atoms in total. The van der Waals surface area contributed by atoms with Crippen LogP contribution in [0.15, 0.2) is 0 Å². The number of hydrogen-bond acceptors (Lipinski definition) is 2. The quantitative estimate of drug-likeness (QED) is 0.654. The van der Waals surface area contributed by atoms with Gasteiger partial charge in [-0.25, -0.2) is 4.39 Å². The van der Waals surface area contributed by atoms with E-state index in [1.54, 1.807) is 0 Å². The maximum atomic E-state index is 12.6. The van der Waals surface area contributed by atoms with E-state index in [1.165, 1.54) is 27.7 Å². The normalized spacial score (nSPS) is 21.0. The Bertz CT molecular complexity index is 120. The van der Waals surface area contributed by atoms with Crippen molar-refractivity contribution in [1.82, 2.24) is 0 Å². The van der Waals surface area contributed by atoms with Gasteiger partial charge in [0.05, 0.1) is 18.3 Å². The molecule has 0 aromatic heterocycles. The Kier molecular flexibility index (Phi) is 5.71. The summed E-state index contributed by atoms with van der Waals surface area (Å²) in [4.78, 5) is 0. The fourth-order valence-electron chi connectivity index (χ4n) is 0.0962. The molecule has 1 N–H and O–H groups in total. The van der Waals surface area contributed by atoms with E-state index in [-0.39, 0.29) is 4.70 Å². The topological polar surface area (TPSA) is 32.8 Å². The van der Waals surface area contributed by atoms with Crippen LogP contribution in [0.3, 0.4) is 0 Å². The molecule has 0 saturated carbocycles. The molecule has 0 aromatic carbocycles. The Morgan fingerprint density at radius 3 is 1.46 bits per heavy atom. The summed E-state index contributed by atoms with van der Waals surface area (Å²) in [6, 6.07) is 0. The third-order valence-electron chi connectivity index (χ3n) is 1.95. The van der Waals surface area contributed by atoms with E-state index in [4.69, 9.17) is 9.84 Å². The molecule has 1 unspecified atom stereocenters. The van der Waals surface area contributed by atoms with Gasteiger partial charge in [0.15, 0.2) is 0 Å². The summed E-state index contributed by atoms with van der Waals surface area (Å²) in [5, 5.41) is 8.98. The van der Waals surface area contributed by atoms with E-state index < -0.39 is 11.3 Å². The predicted octanol–water partition coefficient (Wildman–Crippen LogP) is 2.06. The highest BCUT2D eigenvalue weighted by atomic mass is 19.1. The molecule has 1 fully saturated rings. The fourth-order valence-corrected chi connectivity index (χ4v) is 0.0962. The van der Waals surface area contributed by atoms with Crippen molar-refractivity contribution in [2.45, 2.75) is 52.0 Å². The molecule has 0 amide bonds. The van der Waals surface area contributed by atoms with E-state index in [0.29, 0.717) is 6.10 Å². The average Bonchev–Trinajstić information content (AvgIpc) is 2.46. The van der Waals surface area contributed by atoms with Crippen LogP contribution in [0.2, 0.25) is 0 Å². The number of hydrogen-bond donors (Lipinski definition) is 1. The molecule has 0 aliphatic carbocycles. The van der Waals surface area contributed by atoms with E-state index in [1.807, 2.05) is 0 Å². The van der Waals surface area contributed by atoms with Gasteiger partial charge in [-0.1, -0.05) is 0 Å². The summed E-state index contributed by atoms with van der Waals surface area (Å²) in [5.41, 5.74) is -2.74. The molecule has 82 valence electrons. The number of halogens is 2. The lowest BCUT2D eigenvalue weighted by atomic mass is 9.92. The van der Waals surface area contributed by atoms with Gasteiger partial charge in [0, 0.05) is 0 Å². The zero-order chi connectivity index (χ0) is 9.99. The van der Waals surface area contributed by atoms with Crippen LogP contribution in [-0.2, 0) is 4.74 Å². The third-order valence-corrected chi connectivity index (χ3v) is 1.95. The van der Waals surface area contributed by atoms with Crippen molar-refractivity contribution in [3.63, 3.8) is 0 Å². The Morgan fingerprint density at radius 1 is 1.31 bits per heavy atom. The molecular formula is C9H20F2O2. The molecule has 1 aliphatic heterocycles. The molecule has 4 heteroatoms. The van der Waals surface area contributed by atoms with Crippen LogP contribution in [0, 0.1) is 0 Å². The minimum Gasteiger partial charge on any atom is -0.387 e. The number of epoxide rings is 1. The second kappa shape index (κ2) is 4.86.